The van der Waals surface area contributed by atoms with Crippen molar-refractivity contribution in [3.8, 4) is 11.8 Å². The molecule has 0 aromatic heterocycles. The molecule has 1 unspecified atom stereocenters. The zero-order chi connectivity index (χ0) is 12.5. The van der Waals surface area contributed by atoms with E-state index in [1.54, 1.807) is 13.2 Å². The molecule has 1 fully saturated rings. The van der Waals surface area contributed by atoms with Gasteiger partial charge in [-0.05, 0) is 30.0 Å². The topological polar surface area (TPSA) is 45.0 Å². The van der Waals surface area contributed by atoms with Crippen LogP contribution in [0.3, 0.4) is 0 Å². The van der Waals surface area contributed by atoms with Crippen LogP contribution in [0.1, 0.15) is 31.4 Å². The molecule has 1 saturated carbocycles. The summed E-state index contributed by atoms with van der Waals surface area (Å²) in [5.74, 6) is 0.843. The van der Waals surface area contributed by atoms with Crippen LogP contribution in [0.5, 0.6) is 5.75 Å². The maximum absolute atomic E-state index is 8.89. The van der Waals surface area contributed by atoms with Gasteiger partial charge in [-0.25, -0.2) is 0 Å². The Hall–Kier alpha value is -1.53. The Labute approximate surface area is 102 Å². The van der Waals surface area contributed by atoms with Crippen LogP contribution in [0.25, 0.3) is 0 Å². The summed E-state index contributed by atoms with van der Waals surface area (Å²) >= 11 is 0. The fourth-order valence-electron chi connectivity index (χ4n) is 2.04. The van der Waals surface area contributed by atoms with Crippen LogP contribution in [0, 0.1) is 16.7 Å². The zero-order valence-electron chi connectivity index (χ0n) is 10.6. The number of nitrogens with zero attached hydrogens (tertiary/aromatic N) is 1. The molecule has 1 aromatic rings. The SMILES string of the molecule is COc1ccc(C#N)cc1CNC1CC1(C)C. The highest BCUT2D eigenvalue weighted by molar-refractivity contribution is 5.42. The fraction of sp³-hybridized carbons (Fsp3) is 0.500. The van der Waals surface area contributed by atoms with Gasteiger partial charge in [0.2, 0.25) is 0 Å². The van der Waals surface area contributed by atoms with Gasteiger partial charge in [0, 0.05) is 18.2 Å². The molecule has 0 radical (unpaired) electrons. The number of methoxy groups -OCH3 is 1. The molecule has 1 aliphatic carbocycles. The van der Waals surface area contributed by atoms with Gasteiger partial charge in [-0.2, -0.15) is 5.26 Å². The minimum absolute atomic E-state index is 0.417. The maximum Gasteiger partial charge on any atom is 0.123 e. The first-order valence-corrected chi connectivity index (χ1v) is 5.87. The Kier molecular flexibility index (Phi) is 3.08. The standard InChI is InChI=1S/C14H18N2O/c1-14(2)7-13(14)16-9-11-6-10(8-15)4-5-12(11)17-3/h4-6,13,16H,7,9H2,1-3H3. The first-order chi connectivity index (χ1) is 8.06. The average molecular weight is 230 g/mol. The molecule has 1 atom stereocenters. The molecule has 2 rings (SSSR count). The average Bonchev–Trinajstić information content (AvgIpc) is 2.94. The Bertz CT molecular complexity index is 460. The number of benzene rings is 1. The van der Waals surface area contributed by atoms with Crippen LogP contribution in [0.4, 0.5) is 0 Å². The van der Waals surface area contributed by atoms with Crippen LogP contribution in [-0.2, 0) is 6.54 Å². The van der Waals surface area contributed by atoms with Gasteiger partial charge in [0.25, 0.3) is 0 Å². The second-order valence-electron chi connectivity index (χ2n) is 5.26. The number of nitrogens with one attached hydrogen (secondary N) is 1. The van der Waals surface area contributed by atoms with Crippen molar-refractivity contribution in [2.24, 2.45) is 5.41 Å². The lowest BCUT2D eigenvalue weighted by Gasteiger charge is -2.11. The van der Waals surface area contributed by atoms with Gasteiger partial charge in [0.15, 0.2) is 0 Å². The molecule has 0 bridgehead atoms. The summed E-state index contributed by atoms with van der Waals surface area (Å²) in [6.45, 7) is 5.27. The fourth-order valence-corrected chi connectivity index (χ4v) is 2.04. The van der Waals surface area contributed by atoms with E-state index in [9.17, 15) is 0 Å². The van der Waals surface area contributed by atoms with E-state index in [0.717, 1.165) is 17.9 Å². The van der Waals surface area contributed by atoms with E-state index < -0.39 is 0 Å². The summed E-state index contributed by atoms with van der Waals surface area (Å²) in [7, 11) is 1.66. The van der Waals surface area contributed by atoms with E-state index in [-0.39, 0.29) is 0 Å². The molecule has 0 amide bonds. The number of rotatable bonds is 4. The van der Waals surface area contributed by atoms with Crippen molar-refractivity contribution in [3.05, 3.63) is 29.3 Å². The summed E-state index contributed by atoms with van der Waals surface area (Å²) < 4.78 is 5.30. The molecule has 0 aliphatic heterocycles. The molecule has 0 spiro atoms. The third-order valence-electron chi connectivity index (χ3n) is 3.46. The lowest BCUT2D eigenvalue weighted by atomic mass is 10.1. The van der Waals surface area contributed by atoms with Crippen LogP contribution >= 0.6 is 0 Å². The van der Waals surface area contributed by atoms with Gasteiger partial charge < -0.3 is 10.1 Å². The quantitative estimate of drug-likeness (QED) is 0.864. The Morgan fingerprint density at radius 1 is 1.53 bits per heavy atom. The van der Waals surface area contributed by atoms with Crippen LogP contribution in [-0.4, -0.2) is 13.2 Å². The summed E-state index contributed by atoms with van der Waals surface area (Å²) in [5, 5.41) is 12.4. The number of nitriles is 1. The molecule has 17 heavy (non-hydrogen) atoms. The van der Waals surface area contributed by atoms with E-state index in [4.69, 9.17) is 10.00 Å². The van der Waals surface area contributed by atoms with Gasteiger partial charge in [-0.15, -0.1) is 0 Å². The Morgan fingerprint density at radius 3 is 2.76 bits per heavy atom. The highest BCUT2D eigenvalue weighted by Gasteiger charge is 2.45. The summed E-state index contributed by atoms with van der Waals surface area (Å²) in [4.78, 5) is 0. The van der Waals surface area contributed by atoms with Gasteiger partial charge in [-0.3, -0.25) is 0 Å². The molecular formula is C14H18N2O. The highest BCUT2D eigenvalue weighted by Crippen LogP contribution is 2.44. The van der Waals surface area contributed by atoms with E-state index >= 15 is 0 Å². The predicted octanol–water partition coefficient (Wildman–Crippen LogP) is 2.45. The van der Waals surface area contributed by atoms with Gasteiger partial charge in [0.1, 0.15) is 5.75 Å². The lowest BCUT2D eigenvalue weighted by Crippen LogP contribution is -2.20. The van der Waals surface area contributed by atoms with E-state index in [0.29, 0.717) is 17.0 Å². The molecule has 3 heteroatoms. The van der Waals surface area contributed by atoms with E-state index in [1.165, 1.54) is 6.42 Å². The van der Waals surface area contributed by atoms with Crippen LogP contribution in [0.15, 0.2) is 18.2 Å². The molecule has 0 saturated heterocycles. The van der Waals surface area contributed by atoms with Crippen molar-refractivity contribution in [3.63, 3.8) is 0 Å². The smallest absolute Gasteiger partial charge is 0.123 e. The van der Waals surface area contributed by atoms with Gasteiger partial charge in [0.05, 0.1) is 18.7 Å². The van der Waals surface area contributed by atoms with E-state index in [2.05, 4.69) is 25.2 Å². The Balaban J connectivity index is 2.06. The van der Waals surface area contributed by atoms with Crippen molar-refractivity contribution in [1.29, 1.82) is 5.26 Å². The summed E-state index contributed by atoms with van der Waals surface area (Å²) in [6, 6.07) is 8.26. The van der Waals surface area contributed by atoms with Crippen molar-refractivity contribution in [2.45, 2.75) is 32.9 Å². The first-order valence-electron chi connectivity index (χ1n) is 5.87. The van der Waals surface area contributed by atoms with E-state index in [1.807, 2.05) is 12.1 Å². The van der Waals surface area contributed by atoms with Crippen molar-refractivity contribution in [1.82, 2.24) is 5.32 Å². The Morgan fingerprint density at radius 2 is 2.24 bits per heavy atom. The molecular weight excluding hydrogens is 212 g/mol. The second kappa shape index (κ2) is 4.38. The maximum atomic E-state index is 8.89. The predicted molar refractivity (Wildman–Crippen MR) is 66.7 cm³/mol. The molecule has 90 valence electrons. The van der Waals surface area contributed by atoms with Crippen molar-refractivity contribution in [2.75, 3.05) is 7.11 Å². The largest absolute Gasteiger partial charge is 0.496 e. The summed E-state index contributed by atoms with van der Waals surface area (Å²) in [6.07, 6.45) is 1.22. The molecule has 1 aromatic carbocycles. The lowest BCUT2D eigenvalue weighted by molar-refractivity contribution is 0.406. The molecule has 3 nitrogen and oxygen atoms in total. The summed E-state index contributed by atoms with van der Waals surface area (Å²) in [5.41, 5.74) is 2.15. The zero-order valence-corrected chi connectivity index (χ0v) is 10.6. The number of hydrogen-bond acceptors (Lipinski definition) is 3. The monoisotopic (exact) mass is 230 g/mol. The van der Waals surface area contributed by atoms with Gasteiger partial charge in [-0.1, -0.05) is 13.8 Å². The first kappa shape index (κ1) is 11.9. The molecule has 1 aliphatic rings. The third kappa shape index (κ3) is 2.59. The third-order valence-corrected chi connectivity index (χ3v) is 3.46. The minimum atomic E-state index is 0.417. The van der Waals surface area contributed by atoms with Gasteiger partial charge >= 0.3 is 0 Å². The number of ether oxygens (including phenoxy) is 1. The van der Waals surface area contributed by atoms with Crippen molar-refractivity contribution < 1.29 is 4.74 Å². The highest BCUT2D eigenvalue weighted by atomic mass is 16.5. The van der Waals surface area contributed by atoms with Crippen molar-refractivity contribution >= 4 is 0 Å². The molecule has 1 N–H and O–H groups in total. The second-order valence-corrected chi connectivity index (χ2v) is 5.26. The minimum Gasteiger partial charge on any atom is -0.496 e. The normalized spacial score (nSPS) is 20.7. The van der Waals surface area contributed by atoms with Crippen LogP contribution < -0.4 is 10.1 Å². The molecule has 0 heterocycles. The number of hydrogen-bond donors (Lipinski definition) is 1. The van der Waals surface area contributed by atoms with Crippen LogP contribution in [0.2, 0.25) is 0 Å².